The van der Waals surface area contributed by atoms with Crippen LogP contribution in [0, 0.1) is 0 Å². The fourth-order valence-corrected chi connectivity index (χ4v) is 4.51. The second-order valence-electron chi connectivity index (χ2n) is 14.8. The molecule has 0 saturated carbocycles. The number of ether oxygens (including phenoxy) is 4. The molecule has 0 fully saturated rings. The molecular weight excluding hydrogens is 618 g/mol. The molecule has 1 aromatic carbocycles. The van der Waals surface area contributed by atoms with Crippen LogP contribution in [0.25, 0.3) is 0 Å². The fraction of sp³-hybridized carbons (Fsp3) is 0.694. The molecule has 1 aromatic rings. The molecule has 0 saturated heterocycles. The van der Waals surface area contributed by atoms with Gasteiger partial charge in [-0.25, -0.2) is 4.79 Å². The van der Waals surface area contributed by atoms with E-state index in [0.717, 1.165) is 18.4 Å². The number of nitrogens with zero attached hydrogens (tertiary/aromatic N) is 1. The maximum absolute atomic E-state index is 13.4. The number of nitrogens with one attached hydrogen (secondary N) is 2. The number of alkyl carbamates (subject to hydrolysis) is 1. The van der Waals surface area contributed by atoms with Gasteiger partial charge in [0.1, 0.15) is 29.5 Å². The molecule has 1 unspecified atom stereocenters. The van der Waals surface area contributed by atoms with Crippen LogP contribution in [0.2, 0.25) is 0 Å². The Kier molecular flexibility index (Phi) is 18.2. The number of esters is 3. The highest BCUT2D eigenvalue weighted by Gasteiger charge is 2.34. The minimum Gasteiger partial charge on any atom is -0.459 e. The molecule has 0 aliphatic rings. The van der Waals surface area contributed by atoms with Gasteiger partial charge in [-0.05, 0) is 100.0 Å². The van der Waals surface area contributed by atoms with Crippen molar-refractivity contribution >= 4 is 29.9 Å². The quantitative estimate of drug-likeness (QED) is 0.110. The van der Waals surface area contributed by atoms with E-state index in [0.29, 0.717) is 38.8 Å². The normalized spacial score (nSPS) is 12.5. The van der Waals surface area contributed by atoms with Crippen molar-refractivity contribution in [2.45, 2.75) is 137 Å². The third-order valence-electron chi connectivity index (χ3n) is 6.41. The Labute approximate surface area is 287 Å². The minimum atomic E-state index is -0.913. The zero-order valence-electron chi connectivity index (χ0n) is 30.6. The molecule has 0 bridgehead atoms. The van der Waals surface area contributed by atoms with Crippen LogP contribution in [0.15, 0.2) is 30.3 Å². The van der Waals surface area contributed by atoms with Crippen molar-refractivity contribution in [3.05, 3.63) is 35.9 Å². The van der Waals surface area contributed by atoms with Crippen LogP contribution in [0.5, 0.6) is 0 Å². The summed E-state index contributed by atoms with van der Waals surface area (Å²) < 4.78 is 21.8. The zero-order chi connectivity index (χ0) is 36.4. The first-order chi connectivity index (χ1) is 22.2. The van der Waals surface area contributed by atoms with Gasteiger partial charge in [-0.3, -0.25) is 24.1 Å². The van der Waals surface area contributed by atoms with Crippen molar-refractivity contribution in [2.75, 3.05) is 26.2 Å². The van der Waals surface area contributed by atoms with Crippen LogP contribution in [0.1, 0.15) is 113 Å². The standard InChI is InChI=1S/C36H59N3O9/c1-34(2,3)46-30(41)24-39(25-31(42)47-35(4,5)6)28(32(43)48-36(7,8)9)20-15-17-22-37-29(40)21-14-11-16-23-38-33(44)45-26-27-18-12-10-13-19-27/h10,12-13,18-19,28H,11,14-17,20-26H2,1-9H3,(H,37,40)(H,38,44). The summed E-state index contributed by atoms with van der Waals surface area (Å²) in [5.74, 6) is -1.79. The van der Waals surface area contributed by atoms with Crippen LogP contribution >= 0.6 is 0 Å². The van der Waals surface area contributed by atoms with Gasteiger partial charge in [0.05, 0.1) is 13.1 Å². The van der Waals surface area contributed by atoms with E-state index in [-0.39, 0.29) is 32.0 Å². The molecule has 12 nitrogen and oxygen atoms in total. The van der Waals surface area contributed by atoms with Crippen molar-refractivity contribution in [1.29, 1.82) is 0 Å². The molecule has 1 atom stereocenters. The lowest BCUT2D eigenvalue weighted by molar-refractivity contribution is -0.168. The number of benzene rings is 1. The van der Waals surface area contributed by atoms with Gasteiger partial charge in [0.15, 0.2) is 0 Å². The Balaban J connectivity index is 2.57. The Bertz CT molecular complexity index is 1120. The number of hydrogen-bond acceptors (Lipinski definition) is 10. The minimum absolute atomic E-state index is 0.0783. The lowest BCUT2D eigenvalue weighted by atomic mass is 10.1. The first-order valence-electron chi connectivity index (χ1n) is 16.9. The molecule has 2 amide bonds. The van der Waals surface area contributed by atoms with E-state index in [2.05, 4.69) is 10.6 Å². The highest BCUT2D eigenvalue weighted by Crippen LogP contribution is 2.18. The van der Waals surface area contributed by atoms with Crippen LogP contribution in [-0.4, -0.2) is 83.8 Å². The Hall–Kier alpha value is -3.67. The van der Waals surface area contributed by atoms with Gasteiger partial charge in [-0.2, -0.15) is 0 Å². The van der Waals surface area contributed by atoms with Crippen LogP contribution < -0.4 is 10.6 Å². The van der Waals surface area contributed by atoms with Crippen molar-refractivity contribution in [2.24, 2.45) is 0 Å². The van der Waals surface area contributed by atoms with E-state index in [1.54, 1.807) is 62.3 Å². The lowest BCUT2D eigenvalue weighted by Gasteiger charge is -2.33. The van der Waals surface area contributed by atoms with Crippen LogP contribution in [0.3, 0.4) is 0 Å². The number of carbonyl (C=O) groups is 5. The van der Waals surface area contributed by atoms with Gasteiger partial charge < -0.3 is 29.6 Å². The van der Waals surface area contributed by atoms with E-state index in [9.17, 15) is 24.0 Å². The van der Waals surface area contributed by atoms with Gasteiger partial charge in [-0.15, -0.1) is 0 Å². The number of rotatable bonds is 19. The molecule has 0 heterocycles. The Morgan fingerprint density at radius 3 is 1.73 bits per heavy atom. The summed E-state index contributed by atoms with van der Waals surface area (Å²) in [5.41, 5.74) is -1.36. The van der Waals surface area contributed by atoms with Crippen LogP contribution in [0.4, 0.5) is 4.79 Å². The number of hydrogen-bond donors (Lipinski definition) is 2. The van der Waals surface area contributed by atoms with E-state index in [4.69, 9.17) is 18.9 Å². The summed E-state index contributed by atoms with van der Waals surface area (Å²) in [5, 5.41) is 5.62. The van der Waals surface area contributed by atoms with Gasteiger partial charge in [0.2, 0.25) is 5.91 Å². The first kappa shape index (κ1) is 42.4. The molecule has 0 aliphatic carbocycles. The SMILES string of the molecule is CC(C)(C)OC(=O)CN(CC(=O)OC(C)(C)C)C(CCCCNC(=O)CCCCCNC(=O)OCc1ccccc1)C(=O)OC(C)(C)C. The third-order valence-corrected chi connectivity index (χ3v) is 6.41. The Morgan fingerprint density at radius 2 is 1.19 bits per heavy atom. The summed E-state index contributed by atoms with van der Waals surface area (Å²) in [6, 6.07) is 8.53. The van der Waals surface area contributed by atoms with E-state index >= 15 is 0 Å². The smallest absolute Gasteiger partial charge is 0.407 e. The number of amides is 2. The molecule has 12 heteroatoms. The van der Waals surface area contributed by atoms with Crippen molar-refractivity contribution in [1.82, 2.24) is 15.5 Å². The van der Waals surface area contributed by atoms with Gasteiger partial charge in [0.25, 0.3) is 0 Å². The van der Waals surface area contributed by atoms with Gasteiger partial charge in [0, 0.05) is 19.5 Å². The molecule has 0 aliphatic heterocycles. The molecular formula is C36H59N3O9. The maximum atomic E-state index is 13.4. The molecule has 1 rings (SSSR count). The molecule has 0 radical (unpaired) electrons. The second kappa shape index (κ2) is 20.6. The highest BCUT2D eigenvalue weighted by molar-refractivity contribution is 5.80. The summed E-state index contributed by atoms with van der Waals surface area (Å²) in [6.07, 6.45) is 3.45. The first-order valence-corrected chi connectivity index (χ1v) is 16.9. The predicted molar refractivity (Wildman–Crippen MR) is 183 cm³/mol. The van der Waals surface area contributed by atoms with Crippen molar-refractivity contribution in [3.63, 3.8) is 0 Å². The average Bonchev–Trinajstić information content (AvgIpc) is 2.92. The molecule has 0 aromatic heterocycles. The Morgan fingerprint density at radius 1 is 0.667 bits per heavy atom. The van der Waals surface area contributed by atoms with Crippen molar-refractivity contribution < 1.29 is 42.9 Å². The summed E-state index contributed by atoms with van der Waals surface area (Å²) in [7, 11) is 0. The zero-order valence-corrected chi connectivity index (χ0v) is 30.6. The summed E-state index contributed by atoms with van der Waals surface area (Å²) in [4.78, 5) is 64.6. The molecule has 0 spiro atoms. The van der Waals surface area contributed by atoms with Crippen molar-refractivity contribution in [3.8, 4) is 0 Å². The third kappa shape index (κ3) is 22.0. The molecule has 48 heavy (non-hydrogen) atoms. The maximum Gasteiger partial charge on any atom is 0.407 e. The fourth-order valence-electron chi connectivity index (χ4n) is 4.51. The predicted octanol–water partition coefficient (Wildman–Crippen LogP) is 5.46. The topological polar surface area (TPSA) is 150 Å². The number of unbranched alkanes of at least 4 members (excludes halogenated alkanes) is 3. The molecule has 2 N–H and O–H groups in total. The summed E-state index contributed by atoms with van der Waals surface area (Å²) in [6.45, 7) is 16.2. The van der Waals surface area contributed by atoms with E-state index < -0.39 is 46.8 Å². The second-order valence-corrected chi connectivity index (χ2v) is 14.8. The van der Waals surface area contributed by atoms with E-state index in [1.165, 1.54) is 4.90 Å². The number of carbonyl (C=O) groups excluding carboxylic acids is 5. The highest BCUT2D eigenvalue weighted by atomic mass is 16.6. The van der Waals surface area contributed by atoms with E-state index in [1.807, 2.05) is 30.3 Å². The average molecular weight is 678 g/mol. The van der Waals surface area contributed by atoms with Gasteiger partial charge >= 0.3 is 24.0 Å². The van der Waals surface area contributed by atoms with Gasteiger partial charge in [-0.1, -0.05) is 36.8 Å². The lowest BCUT2D eigenvalue weighted by Crippen LogP contribution is -2.50. The molecule has 272 valence electrons. The largest absolute Gasteiger partial charge is 0.459 e. The monoisotopic (exact) mass is 677 g/mol. The summed E-state index contributed by atoms with van der Waals surface area (Å²) >= 11 is 0. The van der Waals surface area contributed by atoms with Crippen LogP contribution in [-0.2, 0) is 44.7 Å².